The van der Waals surface area contributed by atoms with E-state index in [4.69, 9.17) is 4.42 Å². The Kier molecular flexibility index (Phi) is 5.89. The third kappa shape index (κ3) is 4.95. The third-order valence-electron chi connectivity index (χ3n) is 4.13. The van der Waals surface area contributed by atoms with Gasteiger partial charge in [-0.1, -0.05) is 0 Å². The maximum absolute atomic E-state index is 12.4. The SMILES string of the molecule is O=C(Nc1nc(-c2ccc(OC(F)F)cc2)cs1)c1ccc(Cn2cc([N+](=O)[O-])cn2)o1. The fraction of sp³-hybridized carbons (Fsp3) is 0.105. The topological polar surface area (TPSA) is 125 Å². The molecule has 0 fully saturated rings. The number of halogens is 2. The predicted octanol–water partition coefficient (Wildman–Crippen LogP) is 4.41. The van der Waals surface area contributed by atoms with E-state index < -0.39 is 17.4 Å². The normalized spacial score (nSPS) is 11.0. The molecule has 0 aliphatic heterocycles. The average Bonchev–Trinajstić information content (AvgIpc) is 3.49. The van der Waals surface area contributed by atoms with Crippen LogP contribution in [0.1, 0.15) is 16.3 Å². The van der Waals surface area contributed by atoms with Crippen LogP contribution in [-0.2, 0) is 6.54 Å². The molecule has 4 rings (SSSR count). The molecule has 3 aromatic heterocycles. The number of hydrogen-bond acceptors (Lipinski definition) is 8. The molecular weight excluding hydrogens is 448 g/mol. The van der Waals surface area contributed by atoms with Crippen LogP contribution in [-0.4, -0.2) is 32.2 Å². The predicted molar refractivity (Wildman–Crippen MR) is 109 cm³/mol. The highest BCUT2D eigenvalue weighted by atomic mass is 32.1. The Labute approximate surface area is 182 Å². The summed E-state index contributed by atoms with van der Waals surface area (Å²) in [4.78, 5) is 26.9. The third-order valence-corrected chi connectivity index (χ3v) is 4.89. The van der Waals surface area contributed by atoms with Gasteiger partial charge < -0.3 is 9.15 Å². The summed E-state index contributed by atoms with van der Waals surface area (Å²) in [5.41, 5.74) is 1.07. The van der Waals surface area contributed by atoms with Crippen molar-refractivity contribution in [1.82, 2.24) is 14.8 Å². The molecule has 1 amide bonds. The minimum absolute atomic E-state index is 0.0332. The molecule has 0 saturated carbocycles. The van der Waals surface area contributed by atoms with Crippen molar-refractivity contribution in [2.75, 3.05) is 5.32 Å². The molecule has 0 unspecified atom stereocenters. The molecule has 164 valence electrons. The van der Waals surface area contributed by atoms with Crippen LogP contribution >= 0.6 is 11.3 Å². The van der Waals surface area contributed by atoms with Crippen molar-refractivity contribution in [2.24, 2.45) is 0 Å². The monoisotopic (exact) mass is 461 g/mol. The van der Waals surface area contributed by atoms with Gasteiger partial charge in [0.25, 0.3) is 5.91 Å². The minimum atomic E-state index is -2.90. The molecule has 32 heavy (non-hydrogen) atoms. The van der Waals surface area contributed by atoms with Crippen LogP contribution in [0.15, 0.2) is 58.6 Å². The van der Waals surface area contributed by atoms with Crippen molar-refractivity contribution in [2.45, 2.75) is 13.2 Å². The van der Waals surface area contributed by atoms with E-state index in [2.05, 4.69) is 20.1 Å². The Morgan fingerprint density at radius 1 is 1.28 bits per heavy atom. The molecule has 0 bridgehead atoms. The van der Waals surface area contributed by atoms with Crippen LogP contribution in [0.5, 0.6) is 5.75 Å². The largest absolute Gasteiger partial charge is 0.454 e. The minimum Gasteiger partial charge on any atom is -0.454 e. The highest BCUT2D eigenvalue weighted by Gasteiger charge is 2.16. The van der Waals surface area contributed by atoms with E-state index >= 15 is 0 Å². The second-order valence-electron chi connectivity index (χ2n) is 6.31. The maximum Gasteiger partial charge on any atom is 0.387 e. The lowest BCUT2D eigenvalue weighted by molar-refractivity contribution is -0.385. The number of ether oxygens (including phenoxy) is 1. The van der Waals surface area contributed by atoms with Crippen molar-refractivity contribution in [1.29, 1.82) is 0 Å². The van der Waals surface area contributed by atoms with E-state index in [0.29, 0.717) is 22.1 Å². The Morgan fingerprint density at radius 2 is 2.06 bits per heavy atom. The van der Waals surface area contributed by atoms with E-state index in [9.17, 15) is 23.7 Å². The lowest BCUT2D eigenvalue weighted by Gasteiger charge is -2.04. The van der Waals surface area contributed by atoms with Gasteiger partial charge in [-0.3, -0.25) is 24.9 Å². The molecular formula is C19H13F2N5O5S. The number of benzene rings is 1. The van der Waals surface area contributed by atoms with Gasteiger partial charge >= 0.3 is 12.3 Å². The van der Waals surface area contributed by atoms with Crippen molar-refractivity contribution < 1.29 is 27.7 Å². The fourth-order valence-electron chi connectivity index (χ4n) is 2.71. The zero-order valence-corrected chi connectivity index (χ0v) is 16.8. The summed E-state index contributed by atoms with van der Waals surface area (Å²) >= 11 is 1.18. The highest BCUT2D eigenvalue weighted by molar-refractivity contribution is 7.14. The number of furan rings is 1. The second-order valence-corrected chi connectivity index (χ2v) is 7.17. The standard InChI is InChI=1S/C19H13F2N5O5S/c20-18(21)31-13-3-1-11(2-4-13)15-10-32-19(23-15)24-17(27)16-6-5-14(30-16)9-25-8-12(7-22-25)26(28)29/h1-8,10,18H,9H2,(H,23,24,27). The number of amides is 1. The molecule has 0 aliphatic carbocycles. The van der Waals surface area contributed by atoms with Crippen LogP contribution in [0.3, 0.4) is 0 Å². The van der Waals surface area contributed by atoms with Crippen LogP contribution in [0.25, 0.3) is 11.3 Å². The van der Waals surface area contributed by atoms with Gasteiger partial charge in [0.05, 0.1) is 17.2 Å². The number of carbonyl (C=O) groups excluding carboxylic acids is 1. The van der Waals surface area contributed by atoms with Crippen molar-refractivity contribution in [3.05, 3.63) is 75.8 Å². The summed E-state index contributed by atoms with van der Waals surface area (Å²) in [5.74, 6) is -0.0684. The number of nitrogens with zero attached hydrogens (tertiary/aromatic N) is 4. The molecule has 0 saturated heterocycles. The highest BCUT2D eigenvalue weighted by Crippen LogP contribution is 2.27. The number of nitro groups is 1. The number of rotatable bonds is 8. The maximum atomic E-state index is 12.4. The van der Waals surface area contributed by atoms with E-state index in [1.54, 1.807) is 23.6 Å². The van der Waals surface area contributed by atoms with Crippen molar-refractivity contribution >= 4 is 28.1 Å². The first-order valence-electron chi connectivity index (χ1n) is 8.95. The van der Waals surface area contributed by atoms with Gasteiger partial charge in [0.15, 0.2) is 10.9 Å². The summed E-state index contributed by atoms with van der Waals surface area (Å²) in [6.45, 7) is -2.78. The Morgan fingerprint density at radius 3 is 2.75 bits per heavy atom. The Hall–Kier alpha value is -4.13. The van der Waals surface area contributed by atoms with Crippen molar-refractivity contribution in [3.63, 3.8) is 0 Å². The zero-order valence-electron chi connectivity index (χ0n) is 16.0. The average molecular weight is 461 g/mol. The molecule has 4 aromatic rings. The summed E-state index contributed by atoms with van der Waals surface area (Å²) in [6.07, 6.45) is 2.38. The Bertz CT molecular complexity index is 1250. The van der Waals surface area contributed by atoms with Crippen LogP contribution in [0, 0.1) is 10.1 Å². The summed E-state index contributed by atoms with van der Waals surface area (Å²) < 4.78 is 35.6. The molecule has 3 heterocycles. The summed E-state index contributed by atoms with van der Waals surface area (Å²) in [7, 11) is 0. The second kappa shape index (κ2) is 8.93. The number of hydrogen-bond donors (Lipinski definition) is 1. The van der Waals surface area contributed by atoms with Gasteiger partial charge in [-0.25, -0.2) is 4.98 Å². The van der Waals surface area contributed by atoms with E-state index in [1.807, 2.05) is 0 Å². The smallest absolute Gasteiger partial charge is 0.387 e. The van der Waals surface area contributed by atoms with Gasteiger partial charge in [0, 0.05) is 10.9 Å². The van der Waals surface area contributed by atoms with E-state index in [1.165, 1.54) is 40.4 Å². The van der Waals surface area contributed by atoms with Gasteiger partial charge in [0.1, 0.15) is 23.9 Å². The molecule has 0 aliphatic rings. The van der Waals surface area contributed by atoms with Crippen LogP contribution in [0.4, 0.5) is 19.6 Å². The quantitative estimate of drug-likeness (QED) is 0.304. The molecule has 10 nitrogen and oxygen atoms in total. The molecule has 0 spiro atoms. The van der Waals surface area contributed by atoms with Crippen molar-refractivity contribution in [3.8, 4) is 17.0 Å². The first-order valence-corrected chi connectivity index (χ1v) is 9.83. The summed E-state index contributed by atoms with van der Waals surface area (Å²) in [5, 5.41) is 19.2. The number of nitrogens with one attached hydrogen (secondary N) is 1. The summed E-state index contributed by atoms with van der Waals surface area (Å²) in [6, 6.07) is 9.00. The van der Waals surface area contributed by atoms with Gasteiger partial charge in [-0.05, 0) is 36.4 Å². The molecule has 0 atom stereocenters. The molecule has 0 radical (unpaired) electrons. The zero-order chi connectivity index (χ0) is 22.7. The lowest BCUT2D eigenvalue weighted by atomic mass is 10.2. The Balaban J connectivity index is 1.38. The van der Waals surface area contributed by atoms with Gasteiger partial charge in [-0.2, -0.15) is 13.9 Å². The molecule has 13 heteroatoms. The van der Waals surface area contributed by atoms with Crippen LogP contribution in [0.2, 0.25) is 0 Å². The molecule has 1 N–H and O–H groups in total. The number of carbonyl (C=O) groups is 1. The van der Waals surface area contributed by atoms with Gasteiger partial charge in [0.2, 0.25) is 0 Å². The molecule has 1 aromatic carbocycles. The number of alkyl halides is 2. The fourth-order valence-corrected chi connectivity index (χ4v) is 3.42. The van der Waals surface area contributed by atoms with E-state index in [0.717, 1.165) is 6.20 Å². The first kappa shape index (κ1) is 21.1. The van der Waals surface area contributed by atoms with Gasteiger partial charge in [-0.15, -0.1) is 11.3 Å². The van der Waals surface area contributed by atoms with E-state index in [-0.39, 0.29) is 23.7 Å². The number of anilines is 1. The lowest BCUT2D eigenvalue weighted by Crippen LogP contribution is -2.10. The number of thiazole rings is 1. The first-order chi connectivity index (χ1) is 15.4. The number of aromatic nitrogens is 3. The van der Waals surface area contributed by atoms with Crippen LogP contribution < -0.4 is 10.1 Å².